The molecule has 0 fully saturated rings. The van der Waals surface area contributed by atoms with E-state index in [-0.39, 0.29) is 5.91 Å². The number of amides is 1. The first-order valence-corrected chi connectivity index (χ1v) is 5.43. The van der Waals surface area contributed by atoms with Gasteiger partial charge in [0.15, 0.2) is 0 Å². The summed E-state index contributed by atoms with van der Waals surface area (Å²) in [7, 11) is 0. The monoisotopic (exact) mass is 198 g/mol. The predicted molar refractivity (Wildman–Crippen MR) is 59.7 cm³/mol. The molecule has 0 radical (unpaired) electrons. The molecule has 82 valence electrons. The van der Waals surface area contributed by atoms with Gasteiger partial charge in [-0.15, -0.1) is 0 Å². The van der Waals surface area contributed by atoms with Crippen molar-refractivity contribution in [2.24, 2.45) is 0 Å². The summed E-state index contributed by atoms with van der Waals surface area (Å²) >= 11 is 0. The third-order valence-corrected chi connectivity index (χ3v) is 2.11. The topological polar surface area (TPSA) is 41.1 Å². The third kappa shape index (κ3) is 6.66. The Morgan fingerprint density at radius 1 is 1.21 bits per heavy atom. The van der Waals surface area contributed by atoms with E-state index in [0.29, 0.717) is 12.0 Å². The van der Waals surface area contributed by atoms with Crippen molar-refractivity contribution in [3.05, 3.63) is 12.2 Å². The first-order valence-electron chi connectivity index (χ1n) is 5.43. The number of hydrogen-bond donors (Lipinski definition) is 2. The molecule has 0 aliphatic rings. The van der Waals surface area contributed by atoms with Gasteiger partial charge < -0.3 is 0 Å². The Hall–Kier alpha value is -0.830. The Bertz CT molecular complexity index is 178. The first kappa shape index (κ1) is 13.2. The molecule has 0 aliphatic carbocycles. The minimum atomic E-state index is -0.0945. The van der Waals surface area contributed by atoms with Crippen molar-refractivity contribution in [3.63, 3.8) is 0 Å². The van der Waals surface area contributed by atoms with Crippen LogP contribution in [0, 0.1) is 0 Å². The van der Waals surface area contributed by atoms with Crippen LogP contribution in [0.3, 0.4) is 0 Å². The van der Waals surface area contributed by atoms with Crippen molar-refractivity contribution in [1.29, 1.82) is 0 Å². The highest BCUT2D eigenvalue weighted by atomic mass is 16.2. The van der Waals surface area contributed by atoms with Gasteiger partial charge in [0.2, 0.25) is 0 Å². The summed E-state index contributed by atoms with van der Waals surface area (Å²) in [6.07, 6.45) is 5.51. The lowest BCUT2D eigenvalue weighted by Gasteiger charge is -2.07. The van der Waals surface area contributed by atoms with Gasteiger partial charge in [-0.1, -0.05) is 39.7 Å². The summed E-state index contributed by atoms with van der Waals surface area (Å²) in [6.45, 7) is 8.59. The fourth-order valence-corrected chi connectivity index (χ4v) is 1.03. The molecule has 0 aromatic heterocycles. The molecule has 0 aromatic carbocycles. The zero-order valence-corrected chi connectivity index (χ0v) is 9.36. The standard InChI is InChI=1S/C11H22N2O/c1-4-6-7-8-9-12-13-11(14)10(3)5-2/h12H,3-9H2,1-2H3,(H,13,14). The normalized spacial score (nSPS) is 9.86. The highest BCUT2D eigenvalue weighted by Gasteiger charge is 2.01. The number of carbonyl (C=O) groups excluding carboxylic acids is 1. The second-order valence-electron chi connectivity index (χ2n) is 3.40. The van der Waals surface area contributed by atoms with E-state index in [4.69, 9.17) is 0 Å². The molecule has 0 saturated carbocycles. The van der Waals surface area contributed by atoms with Crippen molar-refractivity contribution in [2.75, 3.05) is 6.54 Å². The molecule has 0 spiro atoms. The fourth-order valence-electron chi connectivity index (χ4n) is 1.03. The van der Waals surface area contributed by atoms with Gasteiger partial charge in [0.05, 0.1) is 0 Å². The van der Waals surface area contributed by atoms with Crippen molar-refractivity contribution in [1.82, 2.24) is 10.9 Å². The lowest BCUT2D eigenvalue weighted by atomic mass is 10.2. The van der Waals surface area contributed by atoms with Crippen LogP contribution in [0.15, 0.2) is 12.2 Å². The van der Waals surface area contributed by atoms with Crippen LogP contribution >= 0.6 is 0 Å². The molecule has 0 atom stereocenters. The van der Waals surface area contributed by atoms with Gasteiger partial charge in [-0.25, -0.2) is 5.43 Å². The molecule has 0 bridgehead atoms. The molecule has 0 saturated heterocycles. The largest absolute Gasteiger partial charge is 0.288 e. The number of unbranched alkanes of at least 4 members (excludes halogenated alkanes) is 3. The summed E-state index contributed by atoms with van der Waals surface area (Å²) < 4.78 is 0. The van der Waals surface area contributed by atoms with Gasteiger partial charge in [0.25, 0.3) is 5.91 Å². The smallest absolute Gasteiger partial charge is 0.260 e. The van der Waals surface area contributed by atoms with Crippen molar-refractivity contribution >= 4 is 5.91 Å². The van der Waals surface area contributed by atoms with Crippen LogP contribution < -0.4 is 10.9 Å². The van der Waals surface area contributed by atoms with E-state index in [9.17, 15) is 4.79 Å². The fraction of sp³-hybridized carbons (Fsp3) is 0.727. The average molecular weight is 198 g/mol. The lowest BCUT2D eigenvalue weighted by molar-refractivity contribution is -0.118. The second-order valence-corrected chi connectivity index (χ2v) is 3.40. The van der Waals surface area contributed by atoms with E-state index in [1.54, 1.807) is 0 Å². The molecule has 3 heteroatoms. The summed E-state index contributed by atoms with van der Waals surface area (Å²) in [5.74, 6) is -0.0945. The van der Waals surface area contributed by atoms with E-state index in [2.05, 4.69) is 24.4 Å². The molecule has 14 heavy (non-hydrogen) atoms. The minimum Gasteiger partial charge on any atom is -0.288 e. The van der Waals surface area contributed by atoms with Gasteiger partial charge in [0.1, 0.15) is 0 Å². The molecule has 0 unspecified atom stereocenters. The summed E-state index contributed by atoms with van der Waals surface area (Å²) in [6, 6.07) is 0. The number of nitrogens with one attached hydrogen (secondary N) is 2. The first-order chi connectivity index (χ1) is 6.72. The minimum absolute atomic E-state index is 0.0945. The van der Waals surface area contributed by atoms with Crippen LogP contribution in [0.1, 0.15) is 46.0 Å². The summed E-state index contributed by atoms with van der Waals surface area (Å²) in [5.41, 5.74) is 6.14. The number of hydrogen-bond acceptors (Lipinski definition) is 2. The van der Waals surface area contributed by atoms with Crippen LogP contribution in [-0.4, -0.2) is 12.5 Å². The maximum Gasteiger partial charge on any atom is 0.260 e. The zero-order valence-electron chi connectivity index (χ0n) is 9.36. The van der Waals surface area contributed by atoms with E-state index < -0.39 is 0 Å². The Labute approximate surface area is 86.9 Å². The summed E-state index contributed by atoms with van der Waals surface area (Å²) in [4.78, 5) is 11.2. The molecule has 2 N–H and O–H groups in total. The maximum absolute atomic E-state index is 11.2. The Morgan fingerprint density at radius 2 is 1.93 bits per heavy atom. The summed E-state index contributed by atoms with van der Waals surface area (Å²) in [5, 5.41) is 0. The van der Waals surface area contributed by atoms with Gasteiger partial charge in [0, 0.05) is 12.1 Å². The highest BCUT2D eigenvalue weighted by Crippen LogP contribution is 1.97. The average Bonchev–Trinajstić information content (AvgIpc) is 2.21. The van der Waals surface area contributed by atoms with Crippen LogP contribution in [-0.2, 0) is 4.79 Å². The number of hydrazine groups is 1. The Morgan fingerprint density at radius 3 is 2.50 bits per heavy atom. The van der Waals surface area contributed by atoms with E-state index in [0.717, 1.165) is 13.0 Å². The Balaban J connectivity index is 3.27. The second kappa shape index (κ2) is 8.75. The van der Waals surface area contributed by atoms with Gasteiger partial charge >= 0.3 is 0 Å². The molecule has 0 rings (SSSR count). The quantitative estimate of drug-likeness (QED) is 0.356. The van der Waals surface area contributed by atoms with Crippen molar-refractivity contribution < 1.29 is 4.79 Å². The van der Waals surface area contributed by atoms with E-state index in [1.807, 2.05) is 6.92 Å². The van der Waals surface area contributed by atoms with Crippen LogP contribution in [0.5, 0.6) is 0 Å². The van der Waals surface area contributed by atoms with Gasteiger partial charge in [-0.2, -0.15) is 0 Å². The number of rotatable bonds is 8. The lowest BCUT2D eigenvalue weighted by Crippen LogP contribution is -2.38. The van der Waals surface area contributed by atoms with Crippen LogP contribution in [0.25, 0.3) is 0 Å². The molecule has 0 aliphatic heterocycles. The van der Waals surface area contributed by atoms with E-state index >= 15 is 0 Å². The molecule has 0 aromatic rings. The van der Waals surface area contributed by atoms with Crippen molar-refractivity contribution in [3.8, 4) is 0 Å². The third-order valence-electron chi connectivity index (χ3n) is 2.11. The Kier molecular flexibility index (Phi) is 8.24. The molecule has 3 nitrogen and oxygen atoms in total. The molecule has 0 heterocycles. The molecular formula is C11H22N2O. The highest BCUT2D eigenvalue weighted by molar-refractivity contribution is 5.92. The van der Waals surface area contributed by atoms with Crippen LogP contribution in [0.4, 0.5) is 0 Å². The maximum atomic E-state index is 11.2. The molecular weight excluding hydrogens is 176 g/mol. The van der Waals surface area contributed by atoms with Crippen molar-refractivity contribution in [2.45, 2.75) is 46.0 Å². The predicted octanol–water partition coefficient (Wildman–Crippen LogP) is 2.15. The van der Waals surface area contributed by atoms with Crippen LogP contribution in [0.2, 0.25) is 0 Å². The van der Waals surface area contributed by atoms with Gasteiger partial charge in [-0.3, -0.25) is 10.2 Å². The van der Waals surface area contributed by atoms with Gasteiger partial charge in [-0.05, 0) is 12.8 Å². The SMILES string of the molecule is C=C(CC)C(=O)NNCCCCCC. The molecule has 1 amide bonds. The zero-order chi connectivity index (χ0) is 10.8. The number of carbonyl (C=O) groups is 1. The van der Waals surface area contributed by atoms with E-state index in [1.165, 1.54) is 19.3 Å².